The Bertz CT molecular complexity index is 696. The molecule has 2 rings (SSSR count). The summed E-state index contributed by atoms with van der Waals surface area (Å²) in [5.74, 6) is 5.19. The molecule has 7 heteroatoms. The third-order valence-corrected chi connectivity index (χ3v) is 4.77. The molecule has 0 radical (unpaired) electrons. The van der Waals surface area contributed by atoms with E-state index in [2.05, 4.69) is 5.43 Å². The van der Waals surface area contributed by atoms with Gasteiger partial charge in [-0.2, -0.15) is 0 Å². The number of benzene rings is 1. The van der Waals surface area contributed by atoms with Crippen LogP contribution in [0.25, 0.3) is 11.0 Å². The summed E-state index contributed by atoms with van der Waals surface area (Å²) in [4.78, 5) is 0. The van der Waals surface area contributed by atoms with Crippen molar-refractivity contribution in [3.05, 3.63) is 35.8 Å². The number of furan rings is 1. The first kappa shape index (κ1) is 14.0. The lowest BCUT2D eigenvalue weighted by molar-refractivity contribution is 0.418. The van der Waals surface area contributed by atoms with Crippen molar-refractivity contribution in [2.45, 2.75) is 18.2 Å². The van der Waals surface area contributed by atoms with Crippen LogP contribution < -0.4 is 11.3 Å². The van der Waals surface area contributed by atoms with Gasteiger partial charge in [-0.1, -0.05) is 12.1 Å². The van der Waals surface area contributed by atoms with Crippen molar-refractivity contribution >= 4 is 20.8 Å². The predicted molar refractivity (Wildman–Crippen MR) is 70.5 cm³/mol. The highest BCUT2D eigenvalue weighted by atomic mass is 32.2. The zero-order chi connectivity index (χ0) is 14.2. The summed E-state index contributed by atoms with van der Waals surface area (Å²) < 4.78 is 42.1. The number of hydrogen-bond acceptors (Lipinski definition) is 5. The first-order chi connectivity index (χ1) is 8.84. The van der Waals surface area contributed by atoms with Crippen LogP contribution in [-0.4, -0.2) is 19.9 Å². The molecule has 0 saturated heterocycles. The van der Waals surface area contributed by atoms with Crippen molar-refractivity contribution in [1.82, 2.24) is 5.43 Å². The summed E-state index contributed by atoms with van der Waals surface area (Å²) in [5, 5.41) is -0.225. The van der Waals surface area contributed by atoms with Crippen LogP contribution in [0.3, 0.4) is 0 Å². The van der Waals surface area contributed by atoms with Crippen molar-refractivity contribution in [3.8, 4) is 0 Å². The minimum Gasteiger partial charge on any atom is -0.456 e. The number of rotatable bonds is 4. The van der Waals surface area contributed by atoms with Crippen LogP contribution in [0.2, 0.25) is 0 Å². The Labute approximate surface area is 110 Å². The SMILES string of the molecule is CC(C(NN)c1cc2cccc(F)c2o1)S(C)(=O)=O. The van der Waals surface area contributed by atoms with E-state index in [-0.39, 0.29) is 5.58 Å². The third-order valence-electron chi connectivity index (χ3n) is 3.15. The lowest BCUT2D eigenvalue weighted by Gasteiger charge is -2.19. The molecule has 1 heterocycles. The van der Waals surface area contributed by atoms with E-state index in [0.717, 1.165) is 6.26 Å². The van der Waals surface area contributed by atoms with Crippen LogP contribution in [0.4, 0.5) is 4.39 Å². The second kappa shape index (κ2) is 4.92. The van der Waals surface area contributed by atoms with Crippen molar-refractivity contribution in [2.75, 3.05) is 6.26 Å². The monoisotopic (exact) mass is 286 g/mol. The van der Waals surface area contributed by atoms with Gasteiger partial charge in [0.05, 0.1) is 11.3 Å². The molecule has 19 heavy (non-hydrogen) atoms. The number of fused-ring (bicyclic) bond motifs is 1. The zero-order valence-corrected chi connectivity index (χ0v) is 11.4. The molecule has 0 aliphatic heterocycles. The van der Waals surface area contributed by atoms with Crippen molar-refractivity contribution < 1.29 is 17.2 Å². The summed E-state index contributed by atoms with van der Waals surface area (Å²) in [6, 6.07) is 5.37. The quantitative estimate of drug-likeness (QED) is 0.657. The fourth-order valence-corrected chi connectivity index (χ4v) is 2.60. The van der Waals surface area contributed by atoms with E-state index >= 15 is 0 Å². The number of nitrogens with one attached hydrogen (secondary N) is 1. The summed E-state index contributed by atoms with van der Waals surface area (Å²) in [5.41, 5.74) is 2.51. The average Bonchev–Trinajstić information content (AvgIpc) is 2.74. The van der Waals surface area contributed by atoms with E-state index in [1.807, 2.05) is 0 Å². The van der Waals surface area contributed by atoms with Crippen molar-refractivity contribution in [3.63, 3.8) is 0 Å². The molecule has 0 aliphatic carbocycles. The molecule has 1 aromatic heterocycles. The summed E-state index contributed by atoms with van der Waals surface area (Å²) in [7, 11) is -3.31. The molecule has 3 N–H and O–H groups in total. The lowest BCUT2D eigenvalue weighted by Crippen LogP contribution is -2.38. The molecule has 2 unspecified atom stereocenters. The van der Waals surface area contributed by atoms with Gasteiger partial charge in [-0.3, -0.25) is 5.84 Å². The standard InChI is InChI=1S/C12H15FN2O3S/c1-7(19(2,16)17)11(15-14)10-6-8-4-3-5-9(13)12(8)18-10/h3-7,11,15H,14H2,1-2H3. The highest BCUT2D eigenvalue weighted by Gasteiger charge is 2.29. The summed E-state index contributed by atoms with van der Waals surface area (Å²) in [6.45, 7) is 1.52. The van der Waals surface area contributed by atoms with Crippen LogP contribution >= 0.6 is 0 Å². The fraction of sp³-hybridized carbons (Fsp3) is 0.333. The van der Waals surface area contributed by atoms with Crippen molar-refractivity contribution in [2.24, 2.45) is 5.84 Å². The fourth-order valence-electron chi connectivity index (χ4n) is 1.90. The number of nitrogens with two attached hydrogens (primary N) is 1. The molecular weight excluding hydrogens is 271 g/mol. The van der Waals surface area contributed by atoms with Gasteiger partial charge in [-0.05, 0) is 19.1 Å². The number of halogens is 1. The van der Waals surface area contributed by atoms with Crippen LogP contribution in [-0.2, 0) is 9.84 Å². The summed E-state index contributed by atoms with van der Waals surface area (Å²) in [6.07, 6.45) is 1.12. The van der Waals surface area contributed by atoms with Crippen LogP contribution in [0, 0.1) is 5.82 Å². The van der Waals surface area contributed by atoms with Crippen molar-refractivity contribution in [1.29, 1.82) is 0 Å². The second-order valence-electron chi connectivity index (χ2n) is 4.49. The molecule has 2 atom stereocenters. The van der Waals surface area contributed by atoms with E-state index in [4.69, 9.17) is 10.3 Å². The highest BCUT2D eigenvalue weighted by Crippen LogP contribution is 2.28. The number of hydrogen-bond donors (Lipinski definition) is 2. The molecule has 0 bridgehead atoms. The normalized spacial score (nSPS) is 15.6. The number of hydrazine groups is 1. The molecule has 0 fully saturated rings. The van der Waals surface area contributed by atoms with Gasteiger partial charge in [0.15, 0.2) is 21.2 Å². The average molecular weight is 286 g/mol. The third kappa shape index (κ3) is 2.63. The minimum atomic E-state index is -3.31. The second-order valence-corrected chi connectivity index (χ2v) is 6.89. The number of sulfone groups is 1. The highest BCUT2D eigenvalue weighted by molar-refractivity contribution is 7.91. The molecule has 104 valence electrons. The van der Waals surface area contributed by atoms with Gasteiger partial charge in [0.1, 0.15) is 5.76 Å². The van der Waals surface area contributed by atoms with Gasteiger partial charge in [0.2, 0.25) is 0 Å². The maximum absolute atomic E-state index is 13.5. The Kier molecular flexibility index (Phi) is 3.62. The van der Waals surface area contributed by atoms with Crippen LogP contribution in [0.1, 0.15) is 18.7 Å². The smallest absolute Gasteiger partial charge is 0.169 e. The van der Waals surface area contributed by atoms with E-state index in [0.29, 0.717) is 11.1 Å². The minimum absolute atomic E-state index is 0.0958. The summed E-state index contributed by atoms with van der Waals surface area (Å²) >= 11 is 0. The van der Waals surface area contributed by atoms with E-state index in [9.17, 15) is 12.8 Å². The molecule has 0 amide bonds. The Morgan fingerprint density at radius 1 is 1.42 bits per heavy atom. The lowest BCUT2D eigenvalue weighted by atomic mass is 10.1. The zero-order valence-electron chi connectivity index (χ0n) is 10.6. The van der Waals surface area contributed by atoms with Gasteiger partial charge >= 0.3 is 0 Å². The maximum Gasteiger partial charge on any atom is 0.169 e. The molecule has 0 aliphatic rings. The Morgan fingerprint density at radius 3 is 2.63 bits per heavy atom. The molecule has 1 aromatic carbocycles. The molecule has 5 nitrogen and oxygen atoms in total. The molecule has 2 aromatic rings. The molecule has 0 saturated carbocycles. The van der Waals surface area contributed by atoms with E-state index in [1.54, 1.807) is 18.2 Å². The van der Waals surface area contributed by atoms with Crippen LogP contribution in [0.5, 0.6) is 0 Å². The Hall–Kier alpha value is -1.44. The van der Waals surface area contributed by atoms with Gasteiger partial charge in [-0.25, -0.2) is 18.2 Å². The van der Waals surface area contributed by atoms with E-state index in [1.165, 1.54) is 13.0 Å². The molecular formula is C12H15FN2O3S. The topological polar surface area (TPSA) is 85.3 Å². The van der Waals surface area contributed by atoms with E-state index < -0.39 is 26.9 Å². The Morgan fingerprint density at radius 2 is 2.11 bits per heavy atom. The van der Waals surface area contributed by atoms with Gasteiger partial charge in [-0.15, -0.1) is 0 Å². The Balaban J connectivity index is 2.50. The molecule has 0 spiro atoms. The van der Waals surface area contributed by atoms with Gasteiger partial charge < -0.3 is 4.42 Å². The van der Waals surface area contributed by atoms with Gasteiger partial charge in [0, 0.05) is 11.6 Å². The predicted octanol–water partition coefficient (Wildman–Crippen LogP) is 1.51. The maximum atomic E-state index is 13.5. The number of para-hydroxylation sites is 1. The largest absolute Gasteiger partial charge is 0.456 e. The van der Waals surface area contributed by atoms with Crippen LogP contribution in [0.15, 0.2) is 28.7 Å². The first-order valence-corrected chi connectivity index (χ1v) is 7.63. The first-order valence-electron chi connectivity index (χ1n) is 5.67. The van der Waals surface area contributed by atoms with Gasteiger partial charge in [0.25, 0.3) is 0 Å².